The lowest BCUT2D eigenvalue weighted by atomic mass is 9.84. The average molecular weight is 536 g/mol. The van der Waals surface area contributed by atoms with Crippen molar-refractivity contribution in [3.05, 3.63) is 33.8 Å². The third-order valence-electron chi connectivity index (χ3n) is 3.87. The maximum atomic E-state index is 11.3. The molecule has 1 aromatic rings. The number of aliphatic imine (C=N–C) groups is 1. The number of guanidine groups is 1. The van der Waals surface area contributed by atoms with Crippen molar-refractivity contribution in [2.45, 2.75) is 38.6 Å². The third kappa shape index (κ3) is 8.63. The van der Waals surface area contributed by atoms with E-state index in [4.69, 9.17) is 23.2 Å². The molecule has 0 aromatic heterocycles. The van der Waals surface area contributed by atoms with Crippen LogP contribution in [-0.2, 0) is 15.3 Å². The molecule has 0 saturated heterocycles. The molecule has 2 N–H and O–H groups in total. The molecule has 1 unspecified atom stereocenters. The number of rotatable bonds is 7. The van der Waals surface area contributed by atoms with E-state index in [2.05, 4.69) is 15.6 Å². The van der Waals surface area contributed by atoms with Crippen LogP contribution in [0.25, 0.3) is 0 Å². The molecule has 26 heavy (non-hydrogen) atoms. The van der Waals surface area contributed by atoms with E-state index < -0.39 is 9.84 Å². The van der Waals surface area contributed by atoms with Crippen molar-refractivity contribution in [2.75, 3.05) is 25.6 Å². The van der Waals surface area contributed by atoms with Crippen LogP contribution in [-0.4, -0.2) is 46.0 Å². The largest absolute Gasteiger partial charge is 0.356 e. The van der Waals surface area contributed by atoms with Crippen LogP contribution in [0.3, 0.4) is 0 Å². The Hall–Kier alpha value is -0.250. The van der Waals surface area contributed by atoms with Crippen molar-refractivity contribution in [3.63, 3.8) is 0 Å². The van der Waals surface area contributed by atoms with E-state index in [1.807, 2.05) is 39.0 Å². The van der Waals surface area contributed by atoms with E-state index in [0.717, 1.165) is 5.56 Å². The monoisotopic (exact) mass is 535 g/mol. The number of hydrogen-bond donors (Lipinski definition) is 2. The second-order valence-corrected chi connectivity index (χ2v) is 9.94. The highest BCUT2D eigenvalue weighted by atomic mass is 127. The lowest BCUT2D eigenvalue weighted by Gasteiger charge is -2.29. The fourth-order valence-corrected chi connectivity index (χ4v) is 4.12. The molecule has 0 spiro atoms. The Morgan fingerprint density at radius 3 is 2.27 bits per heavy atom. The Kier molecular flexibility index (Phi) is 10.8. The smallest absolute Gasteiger partial charge is 0.191 e. The van der Waals surface area contributed by atoms with Gasteiger partial charge in [0.15, 0.2) is 5.96 Å². The van der Waals surface area contributed by atoms with Gasteiger partial charge in [-0.2, -0.15) is 0 Å². The third-order valence-corrected chi connectivity index (χ3v) is 5.47. The average Bonchev–Trinajstić information content (AvgIpc) is 2.48. The summed E-state index contributed by atoms with van der Waals surface area (Å²) in [4.78, 5) is 4.19. The maximum absolute atomic E-state index is 11.3. The Bertz CT molecular complexity index is 704. The summed E-state index contributed by atoms with van der Waals surface area (Å²) in [6, 6.07) is 5.45. The minimum Gasteiger partial charge on any atom is -0.356 e. The summed E-state index contributed by atoms with van der Waals surface area (Å²) in [5, 5.41) is 7.72. The molecule has 0 bridgehead atoms. The molecule has 1 atom stereocenters. The van der Waals surface area contributed by atoms with Gasteiger partial charge in [0.05, 0.1) is 5.75 Å². The van der Waals surface area contributed by atoms with E-state index in [1.54, 1.807) is 7.05 Å². The van der Waals surface area contributed by atoms with Gasteiger partial charge in [0.2, 0.25) is 0 Å². The first kappa shape index (κ1) is 25.8. The molecule has 0 radical (unpaired) electrons. The Balaban J connectivity index is 0.00000625. The molecule has 0 aliphatic heterocycles. The minimum absolute atomic E-state index is 0. The number of benzene rings is 1. The lowest BCUT2D eigenvalue weighted by Crippen LogP contribution is -2.46. The quantitative estimate of drug-likeness (QED) is 0.316. The van der Waals surface area contributed by atoms with Crippen molar-refractivity contribution in [3.8, 4) is 0 Å². The van der Waals surface area contributed by atoms with E-state index >= 15 is 0 Å². The van der Waals surface area contributed by atoms with Crippen molar-refractivity contribution in [2.24, 2.45) is 4.99 Å². The normalized spacial score (nSPS) is 13.7. The van der Waals surface area contributed by atoms with Crippen molar-refractivity contribution in [1.82, 2.24) is 10.6 Å². The van der Waals surface area contributed by atoms with Crippen LogP contribution in [0.1, 0.15) is 32.8 Å². The first-order valence-corrected chi connectivity index (χ1v) is 10.9. The second-order valence-electron chi connectivity index (χ2n) is 6.87. The first-order chi connectivity index (χ1) is 11.5. The molecular weight excluding hydrogens is 508 g/mol. The predicted octanol–water partition coefficient (Wildman–Crippen LogP) is 3.88. The van der Waals surface area contributed by atoms with Crippen LogP contribution in [0.5, 0.6) is 0 Å². The molecule has 0 aliphatic carbocycles. The van der Waals surface area contributed by atoms with Gasteiger partial charge >= 0.3 is 0 Å². The lowest BCUT2D eigenvalue weighted by molar-refractivity contribution is 0.504. The summed E-state index contributed by atoms with van der Waals surface area (Å²) >= 11 is 12.6. The summed E-state index contributed by atoms with van der Waals surface area (Å²) < 4.78 is 22.5. The van der Waals surface area contributed by atoms with E-state index in [-0.39, 0.29) is 41.2 Å². The second kappa shape index (κ2) is 10.9. The van der Waals surface area contributed by atoms with Crippen molar-refractivity contribution >= 4 is 63.0 Å². The zero-order chi connectivity index (χ0) is 19.3. The molecule has 0 saturated carbocycles. The number of sulfone groups is 1. The molecule has 150 valence electrons. The van der Waals surface area contributed by atoms with Crippen LogP contribution in [0.2, 0.25) is 10.0 Å². The summed E-state index contributed by atoms with van der Waals surface area (Å²) in [5.74, 6) is 0.746. The first-order valence-electron chi connectivity index (χ1n) is 8.05. The Morgan fingerprint density at radius 2 is 1.81 bits per heavy atom. The van der Waals surface area contributed by atoms with Gasteiger partial charge in [-0.1, -0.05) is 43.1 Å². The molecule has 1 aromatic carbocycles. The zero-order valence-corrected chi connectivity index (χ0v) is 20.4. The van der Waals surface area contributed by atoms with Crippen LogP contribution in [0.4, 0.5) is 0 Å². The van der Waals surface area contributed by atoms with Gasteiger partial charge in [-0.15, -0.1) is 24.0 Å². The summed E-state index contributed by atoms with van der Waals surface area (Å²) in [7, 11) is -1.30. The fraction of sp³-hybridized carbons (Fsp3) is 0.588. The highest BCUT2D eigenvalue weighted by Gasteiger charge is 2.26. The van der Waals surface area contributed by atoms with Crippen molar-refractivity contribution in [1.29, 1.82) is 0 Å². The molecule has 5 nitrogen and oxygen atoms in total. The molecule has 0 fully saturated rings. The van der Waals surface area contributed by atoms with Crippen LogP contribution in [0.15, 0.2) is 23.2 Å². The minimum atomic E-state index is -2.97. The standard InChI is InChI=1S/C17H27Cl2N3O2S.HI/c1-12(9-10-25(5,23)24)22-16(20-4)21-11-17(2,3)15-13(18)7-6-8-14(15)19;/h6-8,12H,9-11H2,1-5H3,(H2,20,21,22);1H. The van der Waals surface area contributed by atoms with E-state index in [1.165, 1.54) is 6.26 Å². The van der Waals surface area contributed by atoms with Gasteiger partial charge < -0.3 is 10.6 Å². The fourth-order valence-electron chi connectivity index (χ4n) is 2.43. The summed E-state index contributed by atoms with van der Waals surface area (Å²) in [6.07, 6.45) is 1.75. The molecule has 0 aliphatic rings. The molecule has 0 heterocycles. The summed E-state index contributed by atoms with van der Waals surface area (Å²) in [5.41, 5.74) is 0.565. The van der Waals surface area contributed by atoms with Gasteiger partial charge in [-0.3, -0.25) is 4.99 Å². The van der Waals surface area contributed by atoms with Gasteiger partial charge in [-0.25, -0.2) is 8.42 Å². The maximum Gasteiger partial charge on any atom is 0.191 e. The van der Waals surface area contributed by atoms with Crippen LogP contribution >= 0.6 is 47.2 Å². The SMILES string of the molecule is CN=C(NCC(C)(C)c1c(Cl)cccc1Cl)NC(C)CCS(C)(=O)=O.I. The predicted molar refractivity (Wildman–Crippen MR) is 123 cm³/mol. The Labute approximate surface area is 184 Å². The highest BCUT2D eigenvalue weighted by Crippen LogP contribution is 2.35. The number of hydrogen-bond acceptors (Lipinski definition) is 3. The molecule has 1 rings (SSSR count). The number of halogens is 3. The number of nitrogens with one attached hydrogen (secondary N) is 2. The van der Waals surface area contributed by atoms with Gasteiger partial charge in [0.1, 0.15) is 9.84 Å². The zero-order valence-electron chi connectivity index (χ0n) is 15.8. The van der Waals surface area contributed by atoms with Gasteiger partial charge in [0.25, 0.3) is 0 Å². The topological polar surface area (TPSA) is 70.6 Å². The molecular formula is C17H28Cl2IN3O2S. The van der Waals surface area contributed by atoms with Crippen molar-refractivity contribution < 1.29 is 8.42 Å². The van der Waals surface area contributed by atoms with Gasteiger partial charge in [-0.05, 0) is 31.0 Å². The summed E-state index contributed by atoms with van der Waals surface area (Å²) in [6.45, 7) is 6.59. The Morgan fingerprint density at radius 1 is 1.27 bits per heavy atom. The molecule has 9 heteroatoms. The van der Waals surface area contributed by atoms with E-state index in [9.17, 15) is 8.42 Å². The molecule has 0 amide bonds. The van der Waals surface area contributed by atoms with Crippen LogP contribution in [0, 0.1) is 0 Å². The number of nitrogens with zero attached hydrogens (tertiary/aromatic N) is 1. The highest BCUT2D eigenvalue weighted by molar-refractivity contribution is 14.0. The van der Waals surface area contributed by atoms with Gasteiger partial charge in [0, 0.05) is 41.4 Å². The van der Waals surface area contributed by atoms with Crippen LogP contribution < -0.4 is 10.6 Å². The van der Waals surface area contributed by atoms with E-state index in [0.29, 0.717) is 29.0 Å².